The van der Waals surface area contributed by atoms with E-state index in [1.54, 1.807) is 6.92 Å². The molecule has 0 spiro atoms. The van der Waals surface area contributed by atoms with Crippen LogP contribution in [-0.2, 0) is 14.3 Å². The first-order chi connectivity index (χ1) is 6.60. The third-order valence-corrected chi connectivity index (χ3v) is 1.15. The summed E-state index contributed by atoms with van der Waals surface area (Å²) in [6, 6.07) is 0. The second-order valence-corrected chi connectivity index (χ2v) is 2.25. The molecule has 0 bridgehead atoms. The third-order valence-electron chi connectivity index (χ3n) is 1.15. The molecule has 80 valence electrons. The van der Waals surface area contributed by atoms with Gasteiger partial charge in [0.2, 0.25) is 0 Å². The topological polar surface area (TPSA) is 105 Å². The average Bonchev–Trinajstić information content (AvgIpc) is 2.14. The van der Waals surface area contributed by atoms with Crippen LogP contribution in [0.5, 0.6) is 0 Å². The highest BCUT2D eigenvalue weighted by Crippen LogP contribution is 1.81. The van der Waals surface area contributed by atoms with Gasteiger partial charge in [0.25, 0.3) is 5.84 Å². The van der Waals surface area contributed by atoms with E-state index in [0.717, 1.165) is 0 Å². The molecule has 7 nitrogen and oxygen atoms in total. The van der Waals surface area contributed by atoms with Gasteiger partial charge in [-0.15, -0.1) is 0 Å². The molecule has 0 atom stereocenters. The number of ether oxygens (including phenoxy) is 2. The molecule has 14 heavy (non-hydrogen) atoms. The van der Waals surface area contributed by atoms with Gasteiger partial charge in [-0.2, -0.15) is 10.5 Å². The molecule has 0 rings (SSSR count). The van der Waals surface area contributed by atoms with Gasteiger partial charge in [-0.25, -0.2) is 4.79 Å². The molecule has 0 aliphatic rings. The van der Waals surface area contributed by atoms with E-state index in [1.165, 1.54) is 7.11 Å². The van der Waals surface area contributed by atoms with Crippen molar-refractivity contribution in [3.05, 3.63) is 0 Å². The minimum atomic E-state index is -0.697. The van der Waals surface area contributed by atoms with E-state index in [2.05, 4.69) is 20.0 Å². The normalized spacial score (nSPS) is 10.6. The number of hydrazone groups is 1. The van der Waals surface area contributed by atoms with Crippen molar-refractivity contribution in [2.24, 2.45) is 5.73 Å². The number of carbonyl (C=O) groups excluding carboxylic acids is 2. The zero-order valence-corrected chi connectivity index (χ0v) is 8.12. The molecule has 0 saturated carbocycles. The first kappa shape index (κ1) is 12.2. The maximum Gasteiger partial charge on any atom is 0.442 e. The standard InChI is InChI=1S/C7H13N3O4/c1-3-14-6(11)4-5(8)9-10-7(12)13-2/h3-4H2,1-2H3,(H2,8,9)(H,10,12)/p+1. The number of nitrogens with one attached hydrogen (secondary N) is 2. The number of carbonyl (C=O) groups is 2. The Morgan fingerprint density at radius 2 is 2.14 bits per heavy atom. The van der Waals surface area contributed by atoms with Crippen LogP contribution in [0.25, 0.3) is 0 Å². The van der Waals surface area contributed by atoms with Crippen molar-refractivity contribution in [3.8, 4) is 0 Å². The highest BCUT2D eigenvalue weighted by molar-refractivity contribution is 5.93. The van der Waals surface area contributed by atoms with Gasteiger partial charge in [0.1, 0.15) is 6.42 Å². The molecule has 0 saturated heterocycles. The summed E-state index contributed by atoms with van der Waals surface area (Å²) in [5.74, 6) is -0.391. The van der Waals surface area contributed by atoms with Crippen LogP contribution in [-0.4, -0.2) is 31.6 Å². The van der Waals surface area contributed by atoms with Crippen molar-refractivity contribution in [2.45, 2.75) is 13.3 Å². The quantitative estimate of drug-likeness (QED) is 0.206. The van der Waals surface area contributed by atoms with Gasteiger partial charge in [-0.05, 0) is 6.92 Å². The summed E-state index contributed by atoms with van der Waals surface area (Å²) in [5.41, 5.74) is 7.44. The molecule has 0 aliphatic carbocycles. The van der Waals surface area contributed by atoms with Gasteiger partial charge in [0.15, 0.2) is 0 Å². The van der Waals surface area contributed by atoms with E-state index < -0.39 is 12.1 Å². The molecule has 0 aromatic carbocycles. The van der Waals surface area contributed by atoms with Crippen molar-refractivity contribution < 1.29 is 24.2 Å². The van der Waals surface area contributed by atoms with Crippen LogP contribution in [0.1, 0.15) is 13.3 Å². The zero-order valence-electron chi connectivity index (χ0n) is 8.12. The first-order valence-electron chi connectivity index (χ1n) is 3.97. The molecule has 0 aliphatic heterocycles. The van der Waals surface area contributed by atoms with Crippen molar-refractivity contribution in [1.82, 2.24) is 5.43 Å². The Balaban J connectivity index is 3.88. The Labute approximate surface area is 81.2 Å². The van der Waals surface area contributed by atoms with Gasteiger partial charge in [0.05, 0.1) is 13.7 Å². The lowest BCUT2D eigenvalue weighted by Gasteiger charge is -1.98. The molecule has 7 heteroatoms. The molecule has 0 unspecified atom stereocenters. The molecule has 0 aromatic rings. The van der Waals surface area contributed by atoms with Crippen LogP contribution in [0.2, 0.25) is 0 Å². The third kappa shape index (κ3) is 5.81. The van der Waals surface area contributed by atoms with Gasteiger partial charge in [0, 0.05) is 0 Å². The van der Waals surface area contributed by atoms with Crippen molar-refractivity contribution in [3.63, 3.8) is 0 Å². The highest BCUT2D eigenvalue weighted by atomic mass is 16.5. The molecular weight excluding hydrogens is 190 g/mol. The summed E-state index contributed by atoms with van der Waals surface area (Å²) in [6.45, 7) is 1.98. The Morgan fingerprint density at radius 3 is 2.64 bits per heavy atom. The summed E-state index contributed by atoms with van der Waals surface area (Å²) in [7, 11) is 1.21. The molecule has 0 radical (unpaired) electrons. The number of amidine groups is 1. The van der Waals surface area contributed by atoms with E-state index in [-0.39, 0.29) is 18.9 Å². The maximum absolute atomic E-state index is 10.9. The lowest BCUT2D eigenvalue weighted by molar-refractivity contribution is -0.513. The van der Waals surface area contributed by atoms with Crippen LogP contribution in [0.3, 0.4) is 0 Å². The number of hydrogen-bond donors (Lipinski definition) is 3. The summed E-state index contributed by atoms with van der Waals surface area (Å²) < 4.78 is 8.88. The number of nitrogens with two attached hydrogens (primary N) is 1. The lowest BCUT2D eigenvalue weighted by atomic mass is 10.4. The second-order valence-electron chi connectivity index (χ2n) is 2.25. The van der Waals surface area contributed by atoms with Crippen molar-refractivity contribution in [2.75, 3.05) is 13.7 Å². The zero-order chi connectivity index (χ0) is 11.0. The van der Waals surface area contributed by atoms with Gasteiger partial charge in [-0.1, -0.05) is 0 Å². The SMILES string of the molecule is CCOC(=O)CC(N)=[NH+]NC(=O)OC. The largest absolute Gasteiger partial charge is 0.466 e. The smallest absolute Gasteiger partial charge is 0.442 e. The van der Waals surface area contributed by atoms with Gasteiger partial charge >= 0.3 is 12.1 Å². The van der Waals surface area contributed by atoms with E-state index in [9.17, 15) is 9.59 Å². The number of hydrogen-bond acceptors (Lipinski definition) is 4. The average molecular weight is 204 g/mol. The van der Waals surface area contributed by atoms with Crippen molar-refractivity contribution >= 4 is 17.9 Å². The molecular formula is C7H14N3O4+. The number of hydrazine groups is 1. The number of esters is 1. The fourth-order valence-electron chi connectivity index (χ4n) is 0.594. The second kappa shape index (κ2) is 6.70. The lowest BCUT2D eigenvalue weighted by Crippen LogP contribution is -2.86. The van der Waals surface area contributed by atoms with E-state index in [4.69, 9.17) is 5.73 Å². The van der Waals surface area contributed by atoms with Crippen LogP contribution in [0, 0.1) is 0 Å². The monoisotopic (exact) mass is 204 g/mol. The Kier molecular flexibility index (Phi) is 5.84. The minimum Gasteiger partial charge on any atom is -0.466 e. The Hall–Kier alpha value is -1.79. The molecule has 0 heterocycles. The van der Waals surface area contributed by atoms with Gasteiger partial charge < -0.3 is 9.47 Å². The number of rotatable bonds is 4. The number of methoxy groups -OCH3 is 1. The minimum absolute atomic E-state index is 0.0776. The maximum atomic E-state index is 10.9. The van der Waals surface area contributed by atoms with E-state index in [0.29, 0.717) is 0 Å². The Morgan fingerprint density at radius 1 is 1.50 bits per heavy atom. The van der Waals surface area contributed by atoms with Crippen LogP contribution < -0.4 is 16.3 Å². The molecule has 0 fully saturated rings. The van der Waals surface area contributed by atoms with Crippen LogP contribution >= 0.6 is 0 Å². The van der Waals surface area contributed by atoms with Crippen LogP contribution in [0.4, 0.5) is 4.79 Å². The van der Waals surface area contributed by atoms with Crippen LogP contribution in [0.15, 0.2) is 0 Å². The predicted molar refractivity (Wildman–Crippen MR) is 46.9 cm³/mol. The molecule has 0 aromatic heterocycles. The summed E-state index contributed by atoms with van der Waals surface area (Å²) in [6.07, 6.45) is -0.811. The molecule has 1 amide bonds. The van der Waals surface area contributed by atoms with Gasteiger partial charge in [-0.3, -0.25) is 10.5 Å². The summed E-state index contributed by atoms with van der Waals surface area (Å²) in [5, 5.41) is 2.29. The summed E-state index contributed by atoms with van der Waals surface area (Å²) >= 11 is 0. The fourth-order valence-corrected chi connectivity index (χ4v) is 0.594. The van der Waals surface area contributed by atoms with Crippen molar-refractivity contribution in [1.29, 1.82) is 0 Å². The van der Waals surface area contributed by atoms with E-state index >= 15 is 0 Å². The first-order valence-corrected chi connectivity index (χ1v) is 3.97. The highest BCUT2D eigenvalue weighted by Gasteiger charge is 2.09. The number of amides is 1. The predicted octanol–water partition coefficient (Wildman–Crippen LogP) is -2.35. The Bertz CT molecular complexity index is 239. The fraction of sp³-hybridized carbons (Fsp3) is 0.571. The summed E-state index contributed by atoms with van der Waals surface area (Å²) in [4.78, 5) is 21.4. The molecule has 4 N–H and O–H groups in total. The van der Waals surface area contributed by atoms with E-state index in [1.807, 2.05) is 0 Å².